The van der Waals surface area contributed by atoms with Gasteiger partial charge < -0.3 is 10.1 Å². The Morgan fingerprint density at radius 2 is 1.21 bits per heavy atom. The highest BCUT2D eigenvalue weighted by Crippen LogP contribution is 2.40. The minimum absolute atomic E-state index is 0.506. The van der Waals surface area contributed by atoms with Crippen LogP contribution in [-0.2, 0) is 0 Å². The zero-order chi connectivity index (χ0) is 20.3. The third kappa shape index (κ3) is 2.34. The highest BCUT2D eigenvalue weighted by atomic mass is 19.2. The molecule has 0 fully saturated rings. The first-order valence-electron chi connectivity index (χ1n) is 7.58. The summed E-state index contributed by atoms with van der Waals surface area (Å²) < 4.78 is 83.4. The summed E-state index contributed by atoms with van der Waals surface area (Å²) in [6.07, 6.45) is 0. The molecule has 0 unspecified atom stereocenters. The Morgan fingerprint density at radius 3 is 1.82 bits per heavy atom. The minimum atomic E-state index is -1.68. The van der Waals surface area contributed by atoms with Gasteiger partial charge in [0.25, 0.3) is 5.91 Å². The van der Waals surface area contributed by atoms with Crippen molar-refractivity contribution in [3.8, 4) is 17.1 Å². The molecule has 0 radical (unpaired) electrons. The van der Waals surface area contributed by atoms with Gasteiger partial charge in [-0.2, -0.15) is 0 Å². The molecule has 0 saturated carbocycles. The van der Waals surface area contributed by atoms with E-state index in [0.29, 0.717) is 24.3 Å². The van der Waals surface area contributed by atoms with Crippen LogP contribution in [0, 0.1) is 34.9 Å². The van der Waals surface area contributed by atoms with Gasteiger partial charge in [-0.1, -0.05) is 0 Å². The molecule has 10 heteroatoms. The van der Waals surface area contributed by atoms with Gasteiger partial charge in [-0.25, -0.2) is 31.3 Å². The molecule has 28 heavy (non-hydrogen) atoms. The van der Waals surface area contributed by atoms with E-state index in [4.69, 9.17) is 0 Å². The van der Waals surface area contributed by atoms with Crippen LogP contribution in [-0.4, -0.2) is 21.7 Å². The summed E-state index contributed by atoms with van der Waals surface area (Å²) in [5.41, 5.74) is -4.74. The quantitative estimate of drug-likeness (QED) is 0.504. The number of carbonyl (C=O) groups excluding carboxylic acids is 1. The molecule has 0 bridgehead atoms. The van der Waals surface area contributed by atoms with Crippen molar-refractivity contribution in [2.45, 2.75) is 0 Å². The molecule has 1 aromatic heterocycles. The number of nitrogens with zero attached hydrogens (tertiary/aromatic N) is 1. The third-order valence-electron chi connectivity index (χ3n) is 4.22. The lowest BCUT2D eigenvalue weighted by Gasteiger charge is -2.05. The molecule has 4 rings (SSSR count). The van der Waals surface area contributed by atoms with Crippen molar-refractivity contribution in [3.63, 3.8) is 0 Å². The monoisotopic (exact) mass is 396 g/mol. The number of halogens is 6. The number of fused-ring (bicyclic) bond motifs is 1. The molecule has 0 atom stereocenters. The fourth-order valence-electron chi connectivity index (χ4n) is 3.01. The average Bonchev–Trinajstić information content (AvgIpc) is 3.15. The highest BCUT2D eigenvalue weighted by molar-refractivity contribution is 6.30. The summed E-state index contributed by atoms with van der Waals surface area (Å²) in [5, 5.41) is 10.1. The van der Waals surface area contributed by atoms with E-state index >= 15 is 0 Å². The minimum Gasteiger partial charge on any atom is -0.494 e. The lowest BCUT2D eigenvalue weighted by atomic mass is 9.99. The summed E-state index contributed by atoms with van der Waals surface area (Å²) in [5.74, 6) is -10.9. The van der Waals surface area contributed by atoms with Gasteiger partial charge in [-0.15, -0.1) is 0 Å². The average molecular weight is 396 g/mol. The molecule has 1 aliphatic rings. The number of H-pyrrole nitrogens is 1. The molecule has 2 aromatic carbocycles. The first-order chi connectivity index (χ1) is 13.2. The van der Waals surface area contributed by atoms with Gasteiger partial charge in [-0.3, -0.25) is 4.79 Å². The van der Waals surface area contributed by atoms with Crippen LogP contribution < -0.4 is 0 Å². The van der Waals surface area contributed by atoms with Crippen LogP contribution in [0.25, 0.3) is 11.3 Å². The molecule has 2 N–H and O–H groups in total. The summed E-state index contributed by atoms with van der Waals surface area (Å²) in [6, 6.07) is 2.19. The van der Waals surface area contributed by atoms with E-state index in [9.17, 15) is 36.2 Å². The van der Waals surface area contributed by atoms with Crippen molar-refractivity contribution in [2.75, 3.05) is 0 Å². The van der Waals surface area contributed by atoms with Gasteiger partial charge in [0.05, 0.1) is 33.7 Å². The Morgan fingerprint density at radius 1 is 0.714 bits per heavy atom. The van der Waals surface area contributed by atoms with Gasteiger partial charge in [0.2, 0.25) is 0 Å². The van der Waals surface area contributed by atoms with Gasteiger partial charge in [-0.05, 0) is 24.3 Å². The maximum absolute atomic E-state index is 14.1. The smallest absolute Gasteiger partial charge is 0.280 e. The van der Waals surface area contributed by atoms with Crippen LogP contribution >= 0.6 is 0 Å². The molecule has 3 aromatic rings. The van der Waals surface area contributed by atoms with E-state index in [1.807, 2.05) is 0 Å². The molecule has 142 valence electrons. The zero-order valence-corrected chi connectivity index (χ0v) is 13.4. The first-order valence-corrected chi connectivity index (χ1v) is 7.58. The predicted octanol–water partition coefficient (Wildman–Crippen LogP) is 4.21. The topological polar surface area (TPSA) is 65.4 Å². The molecule has 0 saturated heterocycles. The van der Waals surface area contributed by atoms with Crippen LogP contribution in [0.5, 0.6) is 5.88 Å². The van der Waals surface area contributed by atoms with Gasteiger partial charge in [0, 0.05) is 0 Å². The van der Waals surface area contributed by atoms with Crippen LogP contribution in [0.3, 0.4) is 0 Å². The Kier molecular flexibility index (Phi) is 3.81. The largest absolute Gasteiger partial charge is 0.494 e. The van der Waals surface area contributed by atoms with E-state index in [0.717, 1.165) is 0 Å². The summed E-state index contributed by atoms with van der Waals surface area (Å²) >= 11 is 0. The lowest BCUT2D eigenvalue weighted by Crippen LogP contribution is -2.08. The number of nitrogens with one attached hydrogen (secondary N) is 1. The first kappa shape index (κ1) is 17.8. The number of aliphatic imine (C=N–C) groups is 1. The summed E-state index contributed by atoms with van der Waals surface area (Å²) in [6.45, 7) is 0. The second kappa shape index (κ2) is 5.98. The van der Waals surface area contributed by atoms with Crippen LogP contribution in [0.4, 0.5) is 26.3 Å². The summed E-state index contributed by atoms with van der Waals surface area (Å²) in [4.78, 5) is 17.8. The van der Waals surface area contributed by atoms with Crippen molar-refractivity contribution in [2.24, 2.45) is 4.99 Å². The van der Waals surface area contributed by atoms with E-state index in [2.05, 4.69) is 9.98 Å². The van der Waals surface area contributed by atoms with E-state index < -0.39 is 80.3 Å². The second-order valence-electron chi connectivity index (χ2n) is 5.80. The number of aromatic hydroxyl groups is 1. The normalized spacial score (nSPS) is 13.1. The fourth-order valence-corrected chi connectivity index (χ4v) is 3.01. The van der Waals surface area contributed by atoms with Crippen molar-refractivity contribution in [1.29, 1.82) is 0 Å². The van der Waals surface area contributed by atoms with Gasteiger partial charge in [0.15, 0.2) is 29.1 Å². The predicted molar refractivity (Wildman–Crippen MR) is 84.1 cm³/mol. The zero-order valence-electron chi connectivity index (χ0n) is 13.4. The van der Waals surface area contributed by atoms with E-state index in [1.54, 1.807) is 0 Å². The number of carbonyl (C=O) groups is 1. The van der Waals surface area contributed by atoms with Crippen LogP contribution in [0.15, 0.2) is 29.3 Å². The fraction of sp³-hybridized carbons (Fsp3) is 0. The number of hydrogen-bond acceptors (Lipinski definition) is 2. The number of amides is 1. The standard InChI is InChI=1S/C18H6F6N2O2/c19-5-1-3-7(21)13(23)9(5)15-11-12(18(28)25-15)16(26-17(11)27)10-6(20)2-4-8(22)14(10)24/h1-4,25,28H. The number of aromatic nitrogens is 1. The number of benzene rings is 2. The van der Waals surface area contributed by atoms with Gasteiger partial charge in [0.1, 0.15) is 11.6 Å². The Balaban J connectivity index is 2.01. The van der Waals surface area contributed by atoms with Crippen molar-refractivity contribution >= 4 is 11.6 Å². The maximum atomic E-state index is 14.1. The van der Waals surface area contributed by atoms with Crippen molar-refractivity contribution < 1.29 is 36.2 Å². The number of aromatic amines is 1. The maximum Gasteiger partial charge on any atom is 0.280 e. The third-order valence-corrected chi connectivity index (χ3v) is 4.22. The van der Waals surface area contributed by atoms with Gasteiger partial charge >= 0.3 is 0 Å². The molecular formula is C18H6F6N2O2. The molecule has 2 heterocycles. The highest BCUT2D eigenvalue weighted by Gasteiger charge is 2.38. The van der Waals surface area contributed by atoms with Crippen molar-refractivity contribution in [3.05, 3.63) is 75.9 Å². The Bertz CT molecular complexity index is 1220. The van der Waals surface area contributed by atoms with E-state index in [-0.39, 0.29) is 0 Å². The molecule has 4 nitrogen and oxygen atoms in total. The summed E-state index contributed by atoms with van der Waals surface area (Å²) in [7, 11) is 0. The number of hydrogen-bond donors (Lipinski definition) is 2. The molecule has 1 amide bonds. The van der Waals surface area contributed by atoms with Crippen LogP contribution in [0.2, 0.25) is 0 Å². The molecular weight excluding hydrogens is 390 g/mol. The molecule has 0 aliphatic carbocycles. The molecule has 1 aliphatic heterocycles. The number of rotatable bonds is 2. The Hall–Kier alpha value is -3.56. The van der Waals surface area contributed by atoms with Crippen molar-refractivity contribution in [1.82, 2.24) is 4.98 Å². The Labute approximate surface area is 151 Å². The lowest BCUT2D eigenvalue weighted by molar-refractivity contribution is 0.101. The SMILES string of the molecule is O=C1N=C(c2c(F)ccc(F)c2F)c2c(O)[nH]c(-c3c(F)ccc(F)c3F)c21. The van der Waals surface area contributed by atoms with Crippen LogP contribution in [0.1, 0.15) is 21.5 Å². The molecule has 0 spiro atoms. The second-order valence-corrected chi connectivity index (χ2v) is 5.80. The van der Waals surface area contributed by atoms with E-state index in [1.165, 1.54) is 0 Å².